The summed E-state index contributed by atoms with van der Waals surface area (Å²) in [6.07, 6.45) is 2.69. The van der Waals surface area contributed by atoms with Gasteiger partial charge in [-0.2, -0.15) is 0 Å². The minimum absolute atomic E-state index is 0.0382. The van der Waals surface area contributed by atoms with Crippen LogP contribution in [0.4, 0.5) is 16.5 Å². The maximum absolute atomic E-state index is 12.7. The van der Waals surface area contributed by atoms with Gasteiger partial charge in [-0.1, -0.05) is 35.2 Å². The number of para-hydroxylation sites is 2. The Balaban J connectivity index is 1.40. The summed E-state index contributed by atoms with van der Waals surface area (Å²) in [5.74, 6) is 0.885. The molecule has 0 amide bonds. The SMILES string of the molecule is COc1ccccc1Nc1nnc(SCC(=O)c2ccc3c(c2)CCCN3S(C)(=O)=O)s1. The first kappa shape index (κ1) is 22.6. The largest absolute Gasteiger partial charge is 0.495 e. The number of nitrogens with zero attached hydrogens (tertiary/aromatic N) is 3. The predicted octanol–water partition coefficient (Wildman–Crippen LogP) is 3.98. The number of carbonyl (C=O) groups is 1. The minimum atomic E-state index is -3.33. The number of Topliss-reactive ketones (excluding diaryl/α,β-unsaturated/α-hetero) is 1. The second-order valence-electron chi connectivity index (χ2n) is 7.19. The standard InChI is InChI=1S/C21H22N4O4S3/c1-29-19-8-4-3-7-16(19)22-20-23-24-21(31-20)30-13-18(26)15-9-10-17-14(12-15)6-5-11-25(17)32(2,27)28/h3-4,7-10,12H,5-6,11,13H2,1-2H3,(H,22,23). The van der Waals surface area contributed by atoms with E-state index in [1.807, 2.05) is 30.3 Å². The number of hydrogen-bond acceptors (Lipinski definition) is 9. The molecule has 0 radical (unpaired) electrons. The molecule has 1 N–H and O–H groups in total. The lowest BCUT2D eigenvalue weighted by molar-refractivity contribution is 0.102. The fourth-order valence-corrected chi connectivity index (χ4v) is 6.13. The van der Waals surface area contributed by atoms with Gasteiger partial charge in [-0.25, -0.2) is 8.42 Å². The molecule has 168 valence electrons. The van der Waals surface area contributed by atoms with E-state index in [-0.39, 0.29) is 11.5 Å². The molecule has 4 rings (SSSR count). The van der Waals surface area contributed by atoms with Crippen LogP contribution in [0.25, 0.3) is 0 Å². The molecular formula is C21H22N4O4S3. The molecule has 1 aromatic heterocycles. The molecule has 32 heavy (non-hydrogen) atoms. The summed E-state index contributed by atoms with van der Waals surface area (Å²) in [5.41, 5.74) is 2.91. The number of fused-ring (bicyclic) bond motifs is 1. The number of ether oxygens (including phenoxy) is 1. The fraction of sp³-hybridized carbons (Fsp3) is 0.286. The van der Waals surface area contributed by atoms with Crippen LogP contribution in [0, 0.1) is 0 Å². The Hall–Kier alpha value is -2.63. The van der Waals surface area contributed by atoms with E-state index in [9.17, 15) is 13.2 Å². The summed E-state index contributed by atoms with van der Waals surface area (Å²) in [6.45, 7) is 0.469. The predicted molar refractivity (Wildman–Crippen MR) is 128 cm³/mol. The zero-order chi connectivity index (χ0) is 22.7. The van der Waals surface area contributed by atoms with E-state index in [1.54, 1.807) is 19.2 Å². The molecule has 1 aliphatic rings. The summed E-state index contributed by atoms with van der Waals surface area (Å²) in [5, 5.41) is 12.1. The maximum atomic E-state index is 12.7. The molecule has 0 unspecified atom stereocenters. The molecule has 1 aliphatic heterocycles. The highest BCUT2D eigenvalue weighted by molar-refractivity contribution is 8.01. The summed E-state index contributed by atoms with van der Waals surface area (Å²) in [7, 11) is -1.72. The van der Waals surface area contributed by atoms with Crippen molar-refractivity contribution in [2.24, 2.45) is 0 Å². The highest BCUT2D eigenvalue weighted by Gasteiger charge is 2.24. The van der Waals surface area contributed by atoms with Crippen molar-refractivity contribution in [1.82, 2.24) is 10.2 Å². The molecule has 2 heterocycles. The Bertz CT molecular complexity index is 1240. The fourth-order valence-electron chi connectivity index (χ4n) is 3.47. The van der Waals surface area contributed by atoms with Crippen LogP contribution >= 0.6 is 23.1 Å². The summed E-state index contributed by atoms with van der Waals surface area (Å²) >= 11 is 2.68. The zero-order valence-electron chi connectivity index (χ0n) is 17.6. The van der Waals surface area contributed by atoms with Crippen molar-refractivity contribution >= 4 is 55.4 Å². The quantitative estimate of drug-likeness (QED) is 0.374. The van der Waals surface area contributed by atoms with Crippen molar-refractivity contribution in [3.8, 4) is 5.75 Å². The van der Waals surface area contributed by atoms with Gasteiger partial charge in [0.05, 0.1) is 30.5 Å². The average Bonchev–Trinajstić information content (AvgIpc) is 3.23. The molecule has 0 spiro atoms. The van der Waals surface area contributed by atoms with Crippen LogP contribution in [0.5, 0.6) is 5.75 Å². The van der Waals surface area contributed by atoms with E-state index in [0.717, 1.165) is 24.1 Å². The third-order valence-electron chi connectivity index (χ3n) is 4.96. The molecule has 11 heteroatoms. The van der Waals surface area contributed by atoms with Crippen molar-refractivity contribution in [3.05, 3.63) is 53.6 Å². The average molecular weight is 491 g/mol. The molecule has 0 saturated heterocycles. The number of aromatic nitrogens is 2. The lowest BCUT2D eigenvalue weighted by Gasteiger charge is -2.29. The van der Waals surface area contributed by atoms with Crippen molar-refractivity contribution in [3.63, 3.8) is 0 Å². The van der Waals surface area contributed by atoms with Crippen molar-refractivity contribution < 1.29 is 17.9 Å². The van der Waals surface area contributed by atoms with Gasteiger partial charge in [-0.3, -0.25) is 9.10 Å². The maximum Gasteiger partial charge on any atom is 0.232 e. The Kier molecular flexibility index (Phi) is 6.68. The van der Waals surface area contributed by atoms with Crippen LogP contribution in [0.2, 0.25) is 0 Å². The Morgan fingerprint density at radius 1 is 1.25 bits per heavy atom. The lowest BCUT2D eigenvalue weighted by atomic mass is 9.99. The second-order valence-corrected chi connectivity index (χ2v) is 11.3. The number of methoxy groups -OCH3 is 1. The number of hydrogen-bond donors (Lipinski definition) is 1. The molecule has 0 aliphatic carbocycles. The highest BCUT2D eigenvalue weighted by Crippen LogP contribution is 2.33. The number of thioether (sulfide) groups is 1. The normalized spacial score (nSPS) is 13.5. The third kappa shape index (κ3) is 5.05. The number of rotatable bonds is 8. The van der Waals surface area contributed by atoms with E-state index >= 15 is 0 Å². The van der Waals surface area contributed by atoms with E-state index in [1.165, 1.54) is 33.7 Å². The van der Waals surface area contributed by atoms with Crippen LogP contribution in [-0.4, -0.2) is 50.1 Å². The molecular weight excluding hydrogens is 468 g/mol. The first-order chi connectivity index (χ1) is 15.3. The monoisotopic (exact) mass is 490 g/mol. The van der Waals surface area contributed by atoms with Crippen LogP contribution in [-0.2, 0) is 16.4 Å². The summed E-state index contributed by atoms with van der Waals surface area (Å²) in [6, 6.07) is 12.8. The van der Waals surface area contributed by atoms with Crippen LogP contribution < -0.4 is 14.4 Å². The van der Waals surface area contributed by atoms with Crippen LogP contribution in [0.3, 0.4) is 0 Å². The number of sulfonamides is 1. The molecule has 2 aromatic carbocycles. The summed E-state index contributed by atoms with van der Waals surface area (Å²) < 4.78 is 31.4. The Morgan fingerprint density at radius 2 is 2.06 bits per heavy atom. The minimum Gasteiger partial charge on any atom is -0.495 e. The van der Waals surface area contributed by atoms with Gasteiger partial charge in [0.25, 0.3) is 0 Å². The van der Waals surface area contributed by atoms with Gasteiger partial charge in [0.2, 0.25) is 15.2 Å². The van der Waals surface area contributed by atoms with Crippen molar-refractivity contribution in [1.29, 1.82) is 0 Å². The molecule has 8 nitrogen and oxygen atoms in total. The van der Waals surface area contributed by atoms with Gasteiger partial charge in [0.15, 0.2) is 10.1 Å². The summed E-state index contributed by atoms with van der Waals surface area (Å²) in [4.78, 5) is 12.7. The Morgan fingerprint density at radius 3 is 2.84 bits per heavy atom. The van der Waals surface area contributed by atoms with Gasteiger partial charge < -0.3 is 10.1 Å². The number of nitrogens with one attached hydrogen (secondary N) is 1. The topological polar surface area (TPSA) is 101 Å². The smallest absolute Gasteiger partial charge is 0.232 e. The molecule has 0 bridgehead atoms. The van der Waals surface area contributed by atoms with Gasteiger partial charge in [-0.05, 0) is 48.7 Å². The van der Waals surface area contributed by atoms with E-state index < -0.39 is 10.0 Å². The number of aryl methyl sites for hydroxylation is 1. The highest BCUT2D eigenvalue weighted by atomic mass is 32.2. The van der Waals surface area contributed by atoms with E-state index in [0.29, 0.717) is 33.0 Å². The number of benzene rings is 2. The third-order valence-corrected chi connectivity index (χ3v) is 8.11. The molecule has 0 saturated carbocycles. The number of ketones is 1. The van der Waals surface area contributed by atoms with Crippen molar-refractivity contribution in [2.45, 2.75) is 17.2 Å². The van der Waals surface area contributed by atoms with Crippen LogP contribution in [0.15, 0.2) is 46.8 Å². The van der Waals surface area contributed by atoms with Gasteiger partial charge in [0.1, 0.15) is 5.75 Å². The number of anilines is 3. The first-order valence-corrected chi connectivity index (χ1v) is 13.5. The Labute approximate surface area is 195 Å². The van der Waals surface area contributed by atoms with Crippen molar-refractivity contribution in [2.75, 3.05) is 35.3 Å². The first-order valence-electron chi connectivity index (χ1n) is 9.85. The second kappa shape index (κ2) is 9.47. The zero-order valence-corrected chi connectivity index (χ0v) is 20.0. The lowest BCUT2D eigenvalue weighted by Crippen LogP contribution is -2.34. The molecule has 0 fully saturated rings. The molecule has 0 atom stereocenters. The number of carbonyl (C=O) groups excluding carboxylic acids is 1. The van der Waals surface area contributed by atoms with E-state index in [4.69, 9.17) is 4.74 Å². The van der Waals surface area contributed by atoms with Crippen LogP contribution in [0.1, 0.15) is 22.3 Å². The molecule has 3 aromatic rings. The van der Waals surface area contributed by atoms with Gasteiger partial charge >= 0.3 is 0 Å². The van der Waals surface area contributed by atoms with E-state index in [2.05, 4.69) is 15.5 Å². The van der Waals surface area contributed by atoms with Gasteiger partial charge in [-0.15, -0.1) is 10.2 Å². The van der Waals surface area contributed by atoms with Gasteiger partial charge in [0, 0.05) is 12.1 Å².